The van der Waals surface area contributed by atoms with Crippen LogP contribution in [0.5, 0.6) is 0 Å². The Morgan fingerprint density at radius 1 is 1.10 bits per heavy atom. The van der Waals surface area contributed by atoms with Crippen molar-refractivity contribution in [2.45, 2.75) is 19.4 Å². The largest absolute Gasteiger partial charge is 0.459 e. The summed E-state index contributed by atoms with van der Waals surface area (Å²) in [6.45, 7) is 2.05. The van der Waals surface area contributed by atoms with Crippen molar-refractivity contribution in [2.24, 2.45) is 5.73 Å². The first-order chi connectivity index (χ1) is 10.0. The van der Waals surface area contributed by atoms with Gasteiger partial charge in [-0.1, -0.05) is 34.8 Å². The highest BCUT2D eigenvalue weighted by molar-refractivity contribution is 6.33. The van der Waals surface area contributed by atoms with Crippen molar-refractivity contribution in [3.63, 3.8) is 0 Å². The maximum absolute atomic E-state index is 6.25. The van der Waals surface area contributed by atoms with Crippen molar-refractivity contribution in [3.8, 4) is 0 Å². The molecule has 1 atom stereocenters. The van der Waals surface area contributed by atoms with Crippen LogP contribution in [-0.2, 0) is 6.42 Å². The normalized spacial score (nSPS) is 12.8. The second-order valence-electron chi connectivity index (χ2n) is 5.24. The van der Waals surface area contributed by atoms with Crippen LogP contribution in [0.15, 0.2) is 46.9 Å². The number of nitrogens with two attached hydrogens (primary N) is 1. The van der Waals surface area contributed by atoms with E-state index in [1.54, 1.807) is 12.1 Å². The van der Waals surface area contributed by atoms with Crippen molar-refractivity contribution < 1.29 is 4.42 Å². The molecule has 108 valence electrons. The molecule has 3 aromatic rings. The number of halogens is 2. The van der Waals surface area contributed by atoms with Gasteiger partial charge in [0, 0.05) is 15.4 Å². The summed E-state index contributed by atoms with van der Waals surface area (Å²) in [5.74, 6) is 0.756. The average Bonchev–Trinajstić information content (AvgIpc) is 2.86. The molecule has 1 heterocycles. The first kappa shape index (κ1) is 14.5. The van der Waals surface area contributed by atoms with E-state index in [-0.39, 0.29) is 6.04 Å². The zero-order valence-electron chi connectivity index (χ0n) is 11.6. The number of furan rings is 1. The van der Waals surface area contributed by atoms with E-state index in [0.29, 0.717) is 16.5 Å². The Kier molecular flexibility index (Phi) is 3.94. The second kappa shape index (κ2) is 5.72. The monoisotopic (exact) mass is 319 g/mol. The van der Waals surface area contributed by atoms with E-state index in [1.807, 2.05) is 24.3 Å². The maximum Gasteiger partial charge on any atom is 0.134 e. The van der Waals surface area contributed by atoms with Crippen LogP contribution in [0.1, 0.15) is 22.9 Å². The maximum atomic E-state index is 6.25. The van der Waals surface area contributed by atoms with Crippen LogP contribution in [0.4, 0.5) is 0 Å². The van der Waals surface area contributed by atoms with Gasteiger partial charge in [-0.3, -0.25) is 0 Å². The van der Waals surface area contributed by atoms with E-state index < -0.39 is 0 Å². The molecule has 0 saturated heterocycles. The number of hydrogen-bond acceptors (Lipinski definition) is 2. The first-order valence-corrected chi connectivity index (χ1v) is 7.48. The van der Waals surface area contributed by atoms with Gasteiger partial charge in [0.1, 0.15) is 11.3 Å². The van der Waals surface area contributed by atoms with E-state index in [4.69, 9.17) is 33.4 Å². The molecule has 1 unspecified atom stereocenters. The van der Waals surface area contributed by atoms with Crippen LogP contribution >= 0.6 is 23.2 Å². The van der Waals surface area contributed by atoms with Crippen molar-refractivity contribution in [1.29, 1.82) is 0 Å². The Bertz CT molecular complexity index is 795. The molecule has 0 radical (unpaired) electrons. The summed E-state index contributed by atoms with van der Waals surface area (Å²) in [7, 11) is 0. The lowest BCUT2D eigenvalue weighted by atomic mass is 10.0. The first-order valence-electron chi connectivity index (χ1n) is 6.72. The third-order valence-electron chi connectivity index (χ3n) is 3.50. The third kappa shape index (κ3) is 3.08. The summed E-state index contributed by atoms with van der Waals surface area (Å²) in [5.41, 5.74) is 9.22. The Hall–Kier alpha value is -1.48. The molecular weight excluding hydrogens is 305 g/mol. The molecular formula is C17H15Cl2NO. The molecule has 0 aliphatic carbocycles. The van der Waals surface area contributed by atoms with Crippen LogP contribution in [-0.4, -0.2) is 0 Å². The fourth-order valence-corrected chi connectivity index (χ4v) is 2.79. The summed E-state index contributed by atoms with van der Waals surface area (Å²) in [5, 5.41) is 2.39. The molecule has 0 amide bonds. The smallest absolute Gasteiger partial charge is 0.134 e. The van der Waals surface area contributed by atoms with Crippen LogP contribution in [0.3, 0.4) is 0 Å². The molecule has 0 aliphatic rings. The predicted molar refractivity (Wildman–Crippen MR) is 88.0 cm³/mol. The van der Waals surface area contributed by atoms with Gasteiger partial charge in [0.25, 0.3) is 0 Å². The zero-order valence-corrected chi connectivity index (χ0v) is 13.1. The Labute approximate surface area is 133 Å². The minimum Gasteiger partial charge on any atom is -0.459 e. The number of aryl methyl sites for hydroxylation is 1. The Balaban J connectivity index is 1.89. The molecule has 2 aromatic carbocycles. The van der Waals surface area contributed by atoms with Gasteiger partial charge < -0.3 is 10.2 Å². The molecule has 1 aromatic heterocycles. The van der Waals surface area contributed by atoms with Gasteiger partial charge in [-0.2, -0.15) is 0 Å². The van der Waals surface area contributed by atoms with Gasteiger partial charge in [-0.05, 0) is 55.3 Å². The number of hydrogen-bond donors (Lipinski definition) is 1. The molecule has 2 N–H and O–H groups in total. The minimum atomic E-state index is -0.256. The van der Waals surface area contributed by atoms with Crippen LogP contribution in [0.2, 0.25) is 10.0 Å². The van der Waals surface area contributed by atoms with Crippen LogP contribution in [0, 0.1) is 6.92 Å². The van der Waals surface area contributed by atoms with Crippen LogP contribution < -0.4 is 5.73 Å². The topological polar surface area (TPSA) is 39.2 Å². The van der Waals surface area contributed by atoms with Gasteiger partial charge >= 0.3 is 0 Å². The van der Waals surface area contributed by atoms with E-state index in [9.17, 15) is 0 Å². The highest BCUT2D eigenvalue weighted by Gasteiger charge is 2.14. The zero-order chi connectivity index (χ0) is 15.0. The molecule has 21 heavy (non-hydrogen) atoms. The Morgan fingerprint density at radius 3 is 2.71 bits per heavy atom. The van der Waals surface area contributed by atoms with Crippen molar-refractivity contribution in [2.75, 3.05) is 0 Å². The van der Waals surface area contributed by atoms with Gasteiger partial charge in [0.05, 0.1) is 6.04 Å². The Morgan fingerprint density at radius 2 is 1.90 bits per heavy atom. The SMILES string of the molecule is Cc1ccc2oc(C(N)Cc3cc(Cl)ccc3Cl)cc2c1. The van der Waals surface area contributed by atoms with E-state index in [0.717, 1.165) is 22.3 Å². The fraction of sp³-hybridized carbons (Fsp3) is 0.176. The summed E-state index contributed by atoms with van der Waals surface area (Å²) in [6, 6.07) is 13.2. The van der Waals surface area contributed by atoms with E-state index >= 15 is 0 Å². The number of rotatable bonds is 3. The van der Waals surface area contributed by atoms with Gasteiger partial charge in [-0.15, -0.1) is 0 Å². The molecule has 3 rings (SSSR count). The second-order valence-corrected chi connectivity index (χ2v) is 6.08. The highest BCUT2D eigenvalue weighted by Crippen LogP contribution is 2.28. The third-order valence-corrected chi connectivity index (χ3v) is 4.11. The lowest BCUT2D eigenvalue weighted by molar-refractivity contribution is 0.494. The number of fused-ring (bicyclic) bond motifs is 1. The summed E-state index contributed by atoms with van der Waals surface area (Å²) in [4.78, 5) is 0. The van der Waals surface area contributed by atoms with Crippen molar-refractivity contribution in [1.82, 2.24) is 0 Å². The van der Waals surface area contributed by atoms with E-state index in [2.05, 4.69) is 13.0 Å². The van der Waals surface area contributed by atoms with Crippen LogP contribution in [0.25, 0.3) is 11.0 Å². The van der Waals surface area contributed by atoms with Gasteiger partial charge in [0.2, 0.25) is 0 Å². The summed E-state index contributed by atoms with van der Waals surface area (Å²) < 4.78 is 5.83. The van der Waals surface area contributed by atoms with E-state index in [1.165, 1.54) is 5.56 Å². The minimum absolute atomic E-state index is 0.256. The summed E-state index contributed by atoms with van der Waals surface area (Å²) in [6.07, 6.45) is 0.582. The molecule has 0 saturated carbocycles. The molecule has 0 spiro atoms. The predicted octanol–water partition coefficient (Wildman–Crippen LogP) is 5.29. The summed E-state index contributed by atoms with van der Waals surface area (Å²) >= 11 is 12.2. The lowest BCUT2D eigenvalue weighted by Crippen LogP contribution is -2.12. The quantitative estimate of drug-likeness (QED) is 0.712. The molecule has 2 nitrogen and oxygen atoms in total. The molecule has 0 aliphatic heterocycles. The van der Waals surface area contributed by atoms with Crippen molar-refractivity contribution in [3.05, 3.63) is 69.4 Å². The lowest BCUT2D eigenvalue weighted by Gasteiger charge is -2.10. The molecule has 0 fully saturated rings. The average molecular weight is 320 g/mol. The highest BCUT2D eigenvalue weighted by atomic mass is 35.5. The molecule has 4 heteroatoms. The number of benzene rings is 2. The standard InChI is InChI=1S/C17H15Cl2NO/c1-10-2-5-16-12(6-10)9-17(21-16)15(20)8-11-7-13(18)3-4-14(11)19/h2-7,9,15H,8,20H2,1H3. The van der Waals surface area contributed by atoms with Gasteiger partial charge in [-0.25, -0.2) is 0 Å². The van der Waals surface area contributed by atoms with Gasteiger partial charge in [0.15, 0.2) is 0 Å². The fourth-order valence-electron chi connectivity index (χ4n) is 2.40. The molecule has 0 bridgehead atoms. The van der Waals surface area contributed by atoms with Crippen molar-refractivity contribution >= 4 is 34.2 Å².